The Morgan fingerprint density at radius 3 is 3.00 bits per heavy atom. The van der Waals surface area contributed by atoms with Crippen LogP contribution in [-0.2, 0) is 0 Å². The van der Waals surface area contributed by atoms with Crippen molar-refractivity contribution in [3.63, 3.8) is 0 Å². The van der Waals surface area contributed by atoms with E-state index in [4.69, 9.17) is 0 Å². The predicted molar refractivity (Wildman–Crippen MR) is 25.2 cm³/mol. The number of nitrogens with one attached hydrogen (secondary N) is 1. The first-order chi connectivity index (χ1) is 3.80. The maximum absolute atomic E-state index is 9.84. The van der Waals surface area contributed by atoms with Gasteiger partial charge in [-0.2, -0.15) is 0 Å². The molecule has 1 aliphatic rings. The molecule has 0 aliphatic carbocycles. The summed E-state index contributed by atoms with van der Waals surface area (Å²) < 4.78 is 0. The summed E-state index contributed by atoms with van der Waals surface area (Å²) in [7, 11) is 0. The summed E-state index contributed by atoms with van der Waals surface area (Å²) in [4.78, 5) is 9.38. The number of nitro groups is 1. The van der Waals surface area contributed by atoms with Crippen molar-refractivity contribution >= 4 is 0 Å². The van der Waals surface area contributed by atoms with E-state index in [0.29, 0.717) is 0 Å². The van der Waals surface area contributed by atoms with Crippen molar-refractivity contribution in [2.24, 2.45) is 0 Å². The number of rotatable bonds is 1. The molecule has 0 aromatic rings. The molecular weight excluding hydrogens is 110 g/mol. The van der Waals surface area contributed by atoms with Crippen LogP contribution >= 0.6 is 0 Å². The first kappa shape index (κ1) is 5.04. The molecule has 0 fully saturated rings. The molecule has 0 unspecified atom stereocenters. The zero-order chi connectivity index (χ0) is 5.98. The van der Waals surface area contributed by atoms with E-state index in [0.717, 1.165) is 0 Å². The van der Waals surface area contributed by atoms with E-state index in [1.807, 2.05) is 0 Å². The molecule has 5 nitrogen and oxygen atoms in total. The van der Waals surface area contributed by atoms with Gasteiger partial charge in [0.2, 0.25) is 0 Å². The van der Waals surface area contributed by atoms with Crippen LogP contribution in [0.25, 0.3) is 0 Å². The molecule has 1 radical (unpaired) electrons. The summed E-state index contributed by atoms with van der Waals surface area (Å²) in [6.45, 7) is 0.243. The van der Waals surface area contributed by atoms with E-state index in [1.54, 1.807) is 0 Å². The monoisotopic (exact) mass is 114 g/mol. The maximum atomic E-state index is 9.84. The van der Waals surface area contributed by atoms with Crippen LogP contribution < -0.4 is 10.9 Å². The van der Waals surface area contributed by atoms with E-state index in [-0.39, 0.29) is 12.2 Å². The van der Waals surface area contributed by atoms with Crippen molar-refractivity contribution in [2.75, 3.05) is 6.54 Å². The SMILES string of the molecule is O=[N+]([O-])C1=C[N]NC1. The predicted octanol–water partition coefficient (Wildman–Crippen LogP) is -0.773. The van der Waals surface area contributed by atoms with Gasteiger partial charge in [0.15, 0.2) is 0 Å². The second-order valence-corrected chi connectivity index (χ2v) is 1.34. The molecule has 1 aliphatic heterocycles. The summed E-state index contributed by atoms with van der Waals surface area (Å²) >= 11 is 0. The molecule has 0 spiro atoms. The third kappa shape index (κ3) is 0.760. The summed E-state index contributed by atoms with van der Waals surface area (Å²) in [6.07, 6.45) is 1.21. The van der Waals surface area contributed by atoms with Gasteiger partial charge in [0, 0.05) is 0 Å². The van der Waals surface area contributed by atoms with Crippen LogP contribution in [0.3, 0.4) is 0 Å². The summed E-state index contributed by atoms with van der Waals surface area (Å²) in [5.41, 5.74) is 5.99. The van der Waals surface area contributed by atoms with Crippen molar-refractivity contribution in [1.82, 2.24) is 10.9 Å². The van der Waals surface area contributed by atoms with Gasteiger partial charge in [-0.15, -0.1) is 0 Å². The van der Waals surface area contributed by atoms with Gasteiger partial charge in [-0.05, 0) is 0 Å². The minimum atomic E-state index is -0.455. The van der Waals surface area contributed by atoms with Crippen molar-refractivity contribution in [1.29, 1.82) is 0 Å². The molecule has 43 valence electrons. The molecule has 1 heterocycles. The van der Waals surface area contributed by atoms with Crippen LogP contribution in [0.15, 0.2) is 11.9 Å². The Balaban J connectivity index is 2.57. The molecule has 0 bridgehead atoms. The minimum Gasteiger partial charge on any atom is -0.259 e. The van der Waals surface area contributed by atoms with Crippen LogP contribution in [0, 0.1) is 10.1 Å². The van der Waals surface area contributed by atoms with Crippen LogP contribution in [0.5, 0.6) is 0 Å². The van der Waals surface area contributed by atoms with Crippen molar-refractivity contribution in [3.05, 3.63) is 22.0 Å². The lowest BCUT2D eigenvalue weighted by atomic mass is 10.5. The third-order valence-electron chi connectivity index (χ3n) is 0.800. The highest BCUT2D eigenvalue weighted by atomic mass is 16.6. The fraction of sp³-hybridized carbons (Fsp3) is 0.333. The Bertz CT molecular complexity index is 141. The summed E-state index contributed by atoms with van der Waals surface area (Å²) in [5, 5.41) is 9.84. The Morgan fingerprint density at radius 2 is 2.75 bits per heavy atom. The second-order valence-electron chi connectivity index (χ2n) is 1.34. The fourth-order valence-corrected chi connectivity index (χ4v) is 0.404. The normalized spacial score (nSPS) is 17.2. The Morgan fingerprint density at radius 1 is 2.00 bits per heavy atom. The van der Waals surface area contributed by atoms with E-state index >= 15 is 0 Å². The molecule has 0 saturated carbocycles. The Kier molecular flexibility index (Phi) is 1.13. The zero-order valence-electron chi connectivity index (χ0n) is 4.00. The maximum Gasteiger partial charge on any atom is 0.281 e. The molecule has 0 saturated heterocycles. The average Bonchev–Trinajstić information content (AvgIpc) is 2.12. The lowest BCUT2D eigenvalue weighted by Crippen LogP contribution is -2.15. The van der Waals surface area contributed by atoms with Gasteiger partial charge in [0.1, 0.15) is 12.7 Å². The van der Waals surface area contributed by atoms with Crippen LogP contribution in [0.2, 0.25) is 0 Å². The van der Waals surface area contributed by atoms with E-state index < -0.39 is 4.92 Å². The molecule has 0 aromatic carbocycles. The van der Waals surface area contributed by atoms with Gasteiger partial charge in [-0.1, -0.05) is 0 Å². The molecule has 5 heteroatoms. The number of hydrogen-bond acceptors (Lipinski definition) is 3. The van der Waals surface area contributed by atoms with Gasteiger partial charge in [0.05, 0.1) is 4.92 Å². The summed E-state index contributed by atoms with van der Waals surface area (Å²) in [5.74, 6) is 0. The van der Waals surface area contributed by atoms with E-state index in [9.17, 15) is 10.1 Å². The standard InChI is InChI=1S/C3H4N3O2/c7-6(8)3-1-4-5-2-3/h1,5H,2H2. The molecule has 1 N–H and O–H groups in total. The smallest absolute Gasteiger partial charge is 0.259 e. The lowest BCUT2D eigenvalue weighted by molar-refractivity contribution is -0.424. The zero-order valence-corrected chi connectivity index (χ0v) is 4.00. The first-order valence-corrected chi connectivity index (χ1v) is 2.07. The first-order valence-electron chi connectivity index (χ1n) is 2.07. The van der Waals surface area contributed by atoms with Crippen LogP contribution in [-0.4, -0.2) is 11.5 Å². The molecular formula is C3H4N3O2. The lowest BCUT2D eigenvalue weighted by Gasteiger charge is -1.83. The highest BCUT2D eigenvalue weighted by Gasteiger charge is 2.14. The average molecular weight is 114 g/mol. The van der Waals surface area contributed by atoms with Gasteiger partial charge >= 0.3 is 0 Å². The van der Waals surface area contributed by atoms with Gasteiger partial charge in [-0.25, -0.2) is 10.9 Å². The van der Waals surface area contributed by atoms with Crippen molar-refractivity contribution in [2.45, 2.75) is 0 Å². The second kappa shape index (κ2) is 1.79. The molecule has 1 rings (SSSR count). The number of nitrogens with zero attached hydrogens (tertiary/aromatic N) is 2. The van der Waals surface area contributed by atoms with E-state index in [2.05, 4.69) is 10.9 Å². The third-order valence-corrected chi connectivity index (χ3v) is 0.800. The quantitative estimate of drug-likeness (QED) is 0.359. The van der Waals surface area contributed by atoms with Crippen LogP contribution in [0.4, 0.5) is 0 Å². The Hall–Kier alpha value is -1.10. The highest BCUT2D eigenvalue weighted by molar-refractivity contribution is 4.95. The highest BCUT2D eigenvalue weighted by Crippen LogP contribution is 1.94. The molecule has 8 heavy (non-hydrogen) atoms. The Labute approximate surface area is 45.5 Å². The fourth-order valence-electron chi connectivity index (χ4n) is 0.404. The molecule has 0 aromatic heterocycles. The van der Waals surface area contributed by atoms with E-state index in [1.165, 1.54) is 6.20 Å². The largest absolute Gasteiger partial charge is 0.281 e. The summed E-state index contributed by atoms with van der Waals surface area (Å²) in [6, 6.07) is 0. The van der Waals surface area contributed by atoms with Gasteiger partial charge < -0.3 is 0 Å². The molecule has 0 amide bonds. The molecule has 0 atom stereocenters. The minimum absolute atomic E-state index is 0.116. The van der Waals surface area contributed by atoms with Gasteiger partial charge in [0.25, 0.3) is 5.70 Å². The van der Waals surface area contributed by atoms with Gasteiger partial charge in [-0.3, -0.25) is 10.1 Å². The van der Waals surface area contributed by atoms with Crippen molar-refractivity contribution < 1.29 is 4.92 Å². The van der Waals surface area contributed by atoms with Crippen molar-refractivity contribution in [3.8, 4) is 0 Å². The number of hydrogen-bond donors (Lipinski definition) is 1. The van der Waals surface area contributed by atoms with Crippen LogP contribution in [0.1, 0.15) is 0 Å². The topological polar surface area (TPSA) is 69.3 Å².